The van der Waals surface area contributed by atoms with Crippen LogP contribution in [-0.2, 0) is 4.79 Å². The van der Waals surface area contributed by atoms with Gasteiger partial charge in [0, 0.05) is 6.04 Å². The molecule has 1 aromatic heterocycles. The summed E-state index contributed by atoms with van der Waals surface area (Å²) in [6.07, 6.45) is 3.40. The average Bonchev–Trinajstić information content (AvgIpc) is 2.48. The Balaban J connectivity index is 2.54. The number of ketones is 1. The molecule has 1 aromatic rings. The highest BCUT2D eigenvalue weighted by Gasteiger charge is 2.02. The van der Waals surface area contributed by atoms with Crippen molar-refractivity contribution in [3.63, 3.8) is 0 Å². The Labute approximate surface area is 77.5 Å². The number of carbonyl (C=O) groups is 1. The minimum atomic E-state index is 0.0114. The van der Waals surface area contributed by atoms with Gasteiger partial charge in [0.2, 0.25) is 0 Å². The average molecular weight is 182 g/mol. The van der Waals surface area contributed by atoms with Crippen LogP contribution in [-0.4, -0.2) is 22.2 Å². The zero-order valence-electron chi connectivity index (χ0n) is 8.15. The van der Waals surface area contributed by atoms with Crippen LogP contribution >= 0.6 is 0 Å². The van der Waals surface area contributed by atoms with Gasteiger partial charge < -0.3 is 4.74 Å². The minimum absolute atomic E-state index is 0.0114. The van der Waals surface area contributed by atoms with E-state index in [4.69, 9.17) is 4.74 Å². The molecule has 13 heavy (non-hydrogen) atoms. The van der Waals surface area contributed by atoms with E-state index in [0.717, 1.165) is 0 Å². The predicted molar refractivity (Wildman–Crippen MR) is 48.8 cm³/mol. The lowest BCUT2D eigenvalue weighted by molar-refractivity contribution is -0.118. The van der Waals surface area contributed by atoms with Gasteiger partial charge in [0.05, 0.1) is 12.4 Å². The molecular weight excluding hydrogens is 168 g/mol. The molecule has 0 atom stereocenters. The summed E-state index contributed by atoms with van der Waals surface area (Å²) in [7, 11) is 0. The molecule has 0 aliphatic carbocycles. The summed E-state index contributed by atoms with van der Waals surface area (Å²) < 4.78 is 6.95. The maximum atomic E-state index is 10.6. The lowest BCUT2D eigenvalue weighted by Crippen LogP contribution is -2.06. The monoisotopic (exact) mass is 182 g/mol. The zero-order valence-corrected chi connectivity index (χ0v) is 8.15. The Kier molecular flexibility index (Phi) is 3.06. The molecule has 0 unspecified atom stereocenters. The molecule has 1 heterocycles. The maximum Gasteiger partial charge on any atom is 0.167 e. The van der Waals surface area contributed by atoms with Crippen molar-refractivity contribution < 1.29 is 9.53 Å². The summed E-state index contributed by atoms with van der Waals surface area (Å²) in [6, 6.07) is 0.315. The van der Waals surface area contributed by atoms with Gasteiger partial charge in [0.1, 0.15) is 6.61 Å². The molecule has 0 amide bonds. The standard InChI is InChI=1S/C9H14N2O2/c1-7(2)11-5-9(4-10-11)13-6-8(3)12/h4-5,7H,6H2,1-3H3. The Morgan fingerprint density at radius 2 is 2.38 bits per heavy atom. The zero-order chi connectivity index (χ0) is 9.84. The minimum Gasteiger partial charge on any atom is -0.483 e. The van der Waals surface area contributed by atoms with Crippen molar-refractivity contribution in [2.24, 2.45) is 0 Å². The van der Waals surface area contributed by atoms with Crippen LogP contribution in [0.15, 0.2) is 12.4 Å². The summed E-state index contributed by atoms with van der Waals surface area (Å²) in [5, 5.41) is 4.07. The third-order valence-electron chi connectivity index (χ3n) is 1.55. The molecule has 0 aliphatic heterocycles. The molecular formula is C9H14N2O2. The fourth-order valence-corrected chi connectivity index (χ4v) is 0.863. The van der Waals surface area contributed by atoms with Crippen molar-refractivity contribution in [2.45, 2.75) is 26.8 Å². The number of hydrogen-bond acceptors (Lipinski definition) is 3. The molecule has 4 nitrogen and oxygen atoms in total. The molecule has 0 N–H and O–H groups in total. The van der Waals surface area contributed by atoms with Crippen LogP contribution in [0.2, 0.25) is 0 Å². The van der Waals surface area contributed by atoms with Gasteiger partial charge in [0.25, 0.3) is 0 Å². The summed E-state index contributed by atoms with van der Waals surface area (Å²) in [4.78, 5) is 10.6. The van der Waals surface area contributed by atoms with E-state index < -0.39 is 0 Å². The Morgan fingerprint density at radius 1 is 1.69 bits per heavy atom. The van der Waals surface area contributed by atoms with E-state index >= 15 is 0 Å². The number of nitrogens with zero attached hydrogens (tertiary/aromatic N) is 2. The molecule has 0 radical (unpaired) electrons. The molecule has 1 rings (SSSR count). The van der Waals surface area contributed by atoms with Gasteiger partial charge in [-0.05, 0) is 20.8 Å². The van der Waals surface area contributed by atoms with E-state index in [-0.39, 0.29) is 12.4 Å². The Bertz CT molecular complexity index is 292. The van der Waals surface area contributed by atoms with E-state index in [0.29, 0.717) is 11.8 Å². The van der Waals surface area contributed by atoms with Crippen LogP contribution < -0.4 is 4.74 Å². The highest BCUT2D eigenvalue weighted by Crippen LogP contribution is 2.11. The predicted octanol–water partition coefficient (Wildman–Crippen LogP) is 1.43. The van der Waals surface area contributed by atoms with Crippen LogP contribution in [0.25, 0.3) is 0 Å². The molecule has 0 fully saturated rings. The van der Waals surface area contributed by atoms with Gasteiger partial charge in [-0.25, -0.2) is 0 Å². The lowest BCUT2D eigenvalue weighted by atomic mass is 10.4. The third kappa shape index (κ3) is 2.89. The first-order valence-electron chi connectivity index (χ1n) is 4.26. The lowest BCUT2D eigenvalue weighted by Gasteiger charge is -2.03. The molecule has 0 aromatic carbocycles. The van der Waals surface area contributed by atoms with Gasteiger partial charge in [-0.15, -0.1) is 0 Å². The maximum absolute atomic E-state index is 10.6. The fourth-order valence-electron chi connectivity index (χ4n) is 0.863. The van der Waals surface area contributed by atoms with Gasteiger partial charge in [0.15, 0.2) is 11.5 Å². The molecule has 0 saturated carbocycles. The largest absolute Gasteiger partial charge is 0.483 e. The van der Waals surface area contributed by atoms with E-state index in [9.17, 15) is 4.79 Å². The smallest absolute Gasteiger partial charge is 0.167 e. The summed E-state index contributed by atoms with van der Waals surface area (Å²) in [6.45, 7) is 5.67. The summed E-state index contributed by atoms with van der Waals surface area (Å²) >= 11 is 0. The number of aromatic nitrogens is 2. The second-order valence-electron chi connectivity index (χ2n) is 3.24. The number of ether oxygens (including phenoxy) is 1. The first-order chi connectivity index (χ1) is 6.09. The normalized spacial score (nSPS) is 10.5. The van der Waals surface area contributed by atoms with Gasteiger partial charge in [-0.2, -0.15) is 5.10 Å². The van der Waals surface area contributed by atoms with Crippen molar-refractivity contribution in [2.75, 3.05) is 6.61 Å². The molecule has 0 aliphatic rings. The SMILES string of the molecule is CC(=O)COc1cnn(C(C)C)c1. The highest BCUT2D eigenvalue weighted by atomic mass is 16.5. The summed E-state index contributed by atoms with van der Waals surface area (Å²) in [5.41, 5.74) is 0. The summed E-state index contributed by atoms with van der Waals surface area (Å²) in [5.74, 6) is 0.654. The molecule has 0 spiro atoms. The van der Waals surface area contributed by atoms with E-state index in [1.165, 1.54) is 6.92 Å². The first kappa shape index (κ1) is 9.77. The quantitative estimate of drug-likeness (QED) is 0.707. The van der Waals surface area contributed by atoms with Crippen molar-refractivity contribution in [1.29, 1.82) is 0 Å². The van der Waals surface area contributed by atoms with Crippen molar-refractivity contribution in [1.82, 2.24) is 9.78 Å². The van der Waals surface area contributed by atoms with Gasteiger partial charge >= 0.3 is 0 Å². The van der Waals surface area contributed by atoms with Crippen molar-refractivity contribution >= 4 is 5.78 Å². The number of rotatable bonds is 4. The van der Waals surface area contributed by atoms with Crippen LogP contribution in [0.5, 0.6) is 5.75 Å². The van der Waals surface area contributed by atoms with Gasteiger partial charge in [-0.3, -0.25) is 9.48 Å². The van der Waals surface area contributed by atoms with Crippen LogP contribution in [0.1, 0.15) is 26.8 Å². The molecule has 4 heteroatoms. The second-order valence-corrected chi connectivity index (χ2v) is 3.24. The third-order valence-corrected chi connectivity index (χ3v) is 1.55. The highest BCUT2D eigenvalue weighted by molar-refractivity contribution is 5.77. The van der Waals surface area contributed by atoms with Crippen LogP contribution in [0.4, 0.5) is 0 Å². The molecule has 0 saturated heterocycles. The van der Waals surface area contributed by atoms with E-state index in [1.54, 1.807) is 17.1 Å². The number of Topliss-reactive ketones (excluding diaryl/α,β-unsaturated/α-hetero) is 1. The van der Waals surface area contributed by atoms with Crippen molar-refractivity contribution in [3.05, 3.63) is 12.4 Å². The topological polar surface area (TPSA) is 44.1 Å². The van der Waals surface area contributed by atoms with E-state index in [1.807, 2.05) is 13.8 Å². The second kappa shape index (κ2) is 4.07. The number of hydrogen-bond donors (Lipinski definition) is 0. The van der Waals surface area contributed by atoms with Crippen LogP contribution in [0.3, 0.4) is 0 Å². The molecule has 72 valence electrons. The first-order valence-corrected chi connectivity index (χ1v) is 4.26. The number of carbonyl (C=O) groups excluding carboxylic acids is 1. The van der Waals surface area contributed by atoms with Crippen LogP contribution in [0, 0.1) is 0 Å². The van der Waals surface area contributed by atoms with Gasteiger partial charge in [-0.1, -0.05) is 0 Å². The molecule has 0 bridgehead atoms. The Morgan fingerprint density at radius 3 is 2.85 bits per heavy atom. The fraction of sp³-hybridized carbons (Fsp3) is 0.556. The van der Waals surface area contributed by atoms with E-state index in [2.05, 4.69) is 5.10 Å². The van der Waals surface area contributed by atoms with Crippen molar-refractivity contribution in [3.8, 4) is 5.75 Å². The Hall–Kier alpha value is -1.32.